The summed E-state index contributed by atoms with van der Waals surface area (Å²) in [6, 6.07) is -0.121. The van der Waals surface area contributed by atoms with Crippen molar-refractivity contribution in [3.63, 3.8) is 0 Å². The molecule has 1 saturated heterocycles. The van der Waals surface area contributed by atoms with Crippen LogP contribution >= 0.6 is 0 Å². The lowest BCUT2D eigenvalue weighted by molar-refractivity contribution is -0.149. The van der Waals surface area contributed by atoms with Gasteiger partial charge in [-0.3, -0.25) is 4.79 Å². The number of hydrogen-bond donors (Lipinski definition) is 1. The smallest absolute Gasteiger partial charge is 0.317 e. The van der Waals surface area contributed by atoms with E-state index in [1.165, 1.54) is 0 Å². The molecular formula is C10H18N2O3. The van der Waals surface area contributed by atoms with Gasteiger partial charge >= 0.3 is 12.0 Å². The predicted octanol–water partition coefficient (Wildman–Crippen LogP) is 0.601. The molecule has 1 unspecified atom stereocenters. The Balaban J connectivity index is 2.48. The van der Waals surface area contributed by atoms with Crippen LogP contribution < -0.4 is 5.32 Å². The van der Waals surface area contributed by atoms with Crippen molar-refractivity contribution in [2.24, 2.45) is 5.92 Å². The van der Waals surface area contributed by atoms with Gasteiger partial charge in [-0.15, -0.1) is 0 Å². The lowest BCUT2D eigenvalue weighted by atomic mass is 9.98. The van der Waals surface area contributed by atoms with Gasteiger partial charge in [-0.1, -0.05) is 0 Å². The number of nitrogens with zero attached hydrogens (tertiary/aromatic N) is 1. The summed E-state index contributed by atoms with van der Waals surface area (Å²) >= 11 is 0. The summed E-state index contributed by atoms with van der Waals surface area (Å²) in [6.45, 7) is 3.38. The summed E-state index contributed by atoms with van der Waals surface area (Å²) in [5.41, 5.74) is 0. The molecular weight excluding hydrogens is 196 g/mol. The van der Waals surface area contributed by atoms with Gasteiger partial charge in [-0.05, 0) is 19.8 Å². The van der Waals surface area contributed by atoms with Gasteiger partial charge in [0.2, 0.25) is 0 Å². The standard InChI is InChI=1S/C10H18N2O3/c1-3-15-9(13)8-5-4-6-12(7-8)10(14)11-2/h8H,3-7H2,1-2H3,(H,11,14). The van der Waals surface area contributed by atoms with Gasteiger partial charge in [0.15, 0.2) is 0 Å². The average molecular weight is 214 g/mol. The van der Waals surface area contributed by atoms with Crippen LogP contribution in [0.5, 0.6) is 0 Å². The highest BCUT2D eigenvalue weighted by Gasteiger charge is 2.28. The molecule has 0 radical (unpaired) electrons. The number of piperidine rings is 1. The number of carbonyl (C=O) groups excluding carboxylic acids is 2. The first-order valence-corrected chi connectivity index (χ1v) is 5.32. The Hall–Kier alpha value is -1.26. The first kappa shape index (κ1) is 11.8. The van der Waals surface area contributed by atoms with E-state index in [4.69, 9.17) is 4.74 Å². The van der Waals surface area contributed by atoms with E-state index >= 15 is 0 Å². The van der Waals surface area contributed by atoms with Crippen LogP contribution in [0, 0.1) is 5.92 Å². The number of rotatable bonds is 2. The molecule has 1 N–H and O–H groups in total. The van der Waals surface area contributed by atoms with E-state index in [0.29, 0.717) is 13.2 Å². The Bertz CT molecular complexity index is 243. The number of esters is 1. The Morgan fingerprint density at radius 2 is 2.27 bits per heavy atom. The van der Waals surface area contributed by atoms with E-state index in [9.17, 15) is 9.59 Å². The molecule has 1 rings (SSSR count). The third-order valence-electron chi connectivity index (χ3n) is 2.54. The van der Waals surface area contributed by atoms with E-state index in [1.807, 2.05) is 0 Å². The van der Waals surface area contributed by atoms with E-state index in [2.05, 4.69) is 5.32 Å². The lowest BCUT2D eigenvalue weighted by Crippen LogP contribution is -2.46. The number of hydrogen-bond acceptors (Lipinski definition) is 3. The third kappa shape index (κ3) is 3.11. The molecule has 1 fully saturated rings. The van der Waals surface area contributed by atoms with Crippen molar-refractivity contribution in [2.75, 3.05) is 26.7 Å². The van der Waals surface area contributed by atoms with Crippen molar-refractivity contribution in [1.29, 1.82) is 0 Å². The Morgan fingerprint density at radius 1 is 1.53 bits per heavy atom. The summed E-state index contributed by atoms with van der Waals surface area (Å²) in [5, 5.41) is 2.56. The zero-order chi connectivity index (χ0) is 11.3. The topological polar surface area (TPSA) is 58.6 Å². The maximum absolute atomic E-state index is 11.5. The van der Waals surface area contributed by atoms with Crippen LogP contribution in [0.3, 0.4) is 0 Å². The summed E-state index contributed by atoms with van der Waals surface area (Å²) in [7, 11) is 1.59. The highest BCUT2D eigenvalue weighted by Crippen LogP contribution is 2.17. The molecule has 0 spiro atoms. The van der Waals surface area contributed by atoms with Crippen LogP contribution in [0.2, 0.25) is 0 Å². The predicted molar refractivity (Wildman–Crippen MR) is 55.4 cm³/mol. The van der Waals surface area contributed by atoms with E-state index in [1.54, 1.807) is 18.9 Å². The summed E-state index contributed by atoms with van der Waals surface area (Å²) in [5.74, 6) is -0.345. The van der Waals surface area contributed by atoms with Gasteiger partial charge in [0.1, 0.15) is 0 Å². The molecule has 0 aromatic rings. The Kier molecular flexibility index (Phi) is 4.39. The fourth-order valence-electron chi connectivity index (χ4n) is 1.77. The minimum Gasteiger partial charge on any atom is -0.466 e. The SMILES string of the molecule is CCOC(=O)C1CCCN(C(=O)NC)C1. The second-order valence-electron chi connectivity index (χ2n) is 3.59. The van der Waals surface area contributed by atoms with E-state index in [0.717, 1.165) is 19.4 Å². The van der Waals surface area contributed by atoms with Crippen LogP contribution in [0.25, 0.3) is 0 Å². The van der Waals surface area contributed by atoms with Crippen LogP contribution in [-0.2, 0) is 9.53 Å². The van der Waals surface area contributed by atoms with Crippen LogP contribution in [-0.4, -0.2) is 43.6 Å². The average Bonchev–Trinajstić information content (AvgIpc) is 2.28. The fourth-order valence-corrected chi connectivity index (χ4v) is 1.77. The second kappa shape index (κ2) is 5.58. The largest absolute Gasteiger partial charge is 0.466 e. The number of urea groups is 1. The summed E-state index contributed by atoms with van der Waals surface area (Å²) in [6.07, 6.45) is 1.67. The first-order chi connectivity index (χ1) is 7.19. The molecule has 1 atom stereocenters. The first-order valence-electron chi connectivity index (χ1n) is 5.32. The van der Waals surface area contributed by atoms with Crippen LogP contribution in [0.1, 0.15) is 19.8 Å². The molecule has 1 aliphatic heterocycles. The van der Waals surface area contributed by atoms with Crippen molar-refractivity contribution in [1.82, 2.24) is 10.2 Å². The summed E-state index contributed by atoms with van der Waals surface area (Å²) < 4.78 is 4.95. The molecule has 0 saturated carbocycles. The van der Waals surface area contributed by atoms with Crippen molar-refractivity contribution in [3.8, 4) is 0 Å². The molecule has 0 aliphatic carbocycles. The minimum atomic E-state index is -0.189. The molecule has 1 aliphatic rings. The highest BCUT2D eigenvalue weighted by molar-refractivity contribution is 5.77. The molecule has 5 heteroatoms. The lowest BCUT2D eigenvalue weighted by Gasteiger charge is -2.31. The molecule has 0 bridgehead atoms. The Labute approximate surface area is 89.8 Å². The minimum absolute atomic E-state index is 0.121. The van der Waals surface area contributed by atoms with Gasteiger partial charge in [0.25, 0.3) is 0 Å². The third-order valence-corrected chi connectivity index (χ3v) is 2.54. The number of ether oxygens (including phenoxy) is 1. The quantitative estimate of drug-likeness (QED) is 0.685. The fraction of sp³-hybridized carbons (Fsp3) is 0.800. The van der Waals surface area contributed by atoms with Crippen molar-refractivity contribution >= 4 is 12.0 Å². The normalized spacial score (nSPS) is 20.9. The van der Waals surface area contributed by atoms with Gasteiger partial charge in [0.05, 0.1) is 12.5 Å². The maximum atomic E-state index is 11.5. The maximum Gasteiger partial charge on any atom is 0.317 e. The number of likely N-dealkylation sites (tertiary alicyclic amines) is 1. The Morgan fingerprint density at radius 3 is 2.87 bits per heavy atom. The van der Waals surface area contributed by atoms with Crippen molar-refractivity contribution < 1.29 is 14.3 Å². The molecule has 2 amide bonds. The zero-order valence-electron chi connectivity index (χ0n) is 9.28. The van der Waals surface area contributed by atoms with E-state index in [-0.39, 0.29) is 17.9 Å². The molecule has 5 nitrogen and oxygen atoms in total. The van der Waals surface area contributed by atoms with Gasteiger partial charge < -0.3 is 15.0 Å². The van der Waals surface area contributed by atoms with E-state index < -0.39 is 0 Å². The van der Waals surface area contributed by atoms with Crippen molar-refractivity contribution in [2.45, 2.75) is 19.8 Å². The summed E-state index contributed by atoms with van der Waals surface area (Å²) in [4.78, 5) is 24.5. The molecule has 0 aromatic heterocycles. The van der Waals surface area contributed by atoms with Crippen LogP contribution in [0.4, 0.5) is 4.79 Å². The monoisotopic (exact) mass is 214 g/mol. The molecule has 15 heavy (non-hydrogen) atoms. The second-order valence-corrected chi connectivity index (χ2v) is 3.59. The van der Waals surface area contributed by atoms with Gasteiger partial charge in [0, 0.05) is 20.1 Å². The van der Waals surface area contributed by atoms with Crippen molar-refractivity contribution in [3.05, 3.63) is 0 Å². The number of carbonyl (C=O) groups is 2. The number of amides is 2. The highest BCUT2D eigenvalue weighted by atomic mass is 16.5. The molecule has 0 aromatic carbocycles. The van der Waals surface area contributed by atoms with Gasteiger partial charge in [-0.25, -0.2) is 4.79 Å². The molecule has 86 valence electrons. The molecule has 1 heterocycles. The zero-order valence-corrected chi connectivity index (χ0v) is 9.28. The van der Waals surface area contributed by atoms with Crippen LogP contribution in [0.15, 0.2) is 0 Å². The number of nitrogens with one attached hydrogen (secondary N) is 1. The van der Waals surface area contributed by atoms with Gasteiger partial charge in [-0.2, -0.15) is 0 Å².